The van der Waals surface area contributed by atoms with Crippen molar-refractivity contribution in [3.8, 4) is 5.88 Å². The topological polar surface area (TPSA) is 66.2 Å². The second-order valence-corrected chi connectivity index (χ2v) is 5.27. The number of hydrogen-bond donors (Lipinski definition) is 2. The Morgan fingerprint density at radius 3 is 2.95 bits per heavy atom. The lowest BCUT2D eigenvalue weighted by Crippen LogP contribution is -1.99. The second kappa shape index (κ2) is 4.72. The molecule has 2 aromatic rings. The fourth-order valence-corrected chi connectivity index (χ4v) is 2.66. The van der Waals surface area contributed by atoms with E-state index in [9.17, 15) is 5.11 Å². The molecule has 1 aliphatic heterocycles. The molecule has 102 valence electrons. The van der Waals surface area contributed by atoms with Crippen LogP contribution in [0.15, 0.2) is 23.5 Å². The number of aromatic nitrogens is 3. The number of pyridine rings is 1. The van der Waals surface area contributed by atoms with E-state index in [-0.39, 0.29) is 11.9 Å². The number of aromatic amines is 1. The Morgan fingerprint density at radius 1 is 1.45 bits per heavy atom. The minimum Gasteiger partial charge on any atom is -0.493 e. The standard InChI is InChI=1S/C14H14N4OS/c1-8(2)18-13(19)11(17-14(18)20)5-9-6-16-12-7-15-4-3-10(9)12/h3-8,19H,1-2H3,(H,17,20). The molecule has 0 aromatic carbocycles. The molecule has 1 aliphatic rings. The Morgan fingerprint density at radius 2 is 2.25 bits per heavy atom. The van der Waals surface area contributed by atoms with Crippen LogP contribution in [0.1, 0.15) is 31.1 Å². The summed E-state index contributed by atoms with van der Waals surface area (Å²) in [6, 6.07) is 2.00. The third-order valence-corrected chi connectivity index (χ3v) is 3.50. The highest BCUT2D eigenvalue weighted by Crippen LogP contribution is 2.33. The van der Waals surface area contributed by atoms with Crippen molar-refractivity contribution in [3.05, 3.63) is 34.5 Å². The van der Waals surface area contributed by atoms with Crippen LogP contribution in [0.25, 0.3) is 11.6 Å². The average molecular weight is 286 g/mol. The SMILES string of the molecule is CC(C)n1c(O)c(C=C2C=Nc3cnccc32)[nH]c1=S. The molecule has 3 heterocycles. The highest BCUT2D eigenvalue weighted by Gasteiger charge is 2.15. The molecule has 0 atom stereocenters. The van der Waals surface area contributed by atoms with Crippen LogP contribution in [-0.4, -0.2) is 25.9 Å². The summed E-state index contributed by atoms with van der Waals surface area (Å²) < 4.78 is 2.19. The molecule has 0 bridgehead atoms. The van der Waals surface area contributed by atoms with Crippen molar-refractivity contribution in [3.63, 3.8) is 0 Å². The van der Waals surface area contributed by atoms with Crippen LogP contribution in [0.4, 0.5) is 5.69 Å². The lowest BCUT2D eigenvalue weighted by atomic mass is 10.1. The average Bonchev–Trinajstić information content (AvgIpc) is 2.93. The minimum absolute atomic E-state index is 0.0969. The van der Waals surface area contributed by atoms with E-state index >= 15 is 0 Å². The van der Waals surface area contributed by atoms with E-state index in [1.165, 1.54) is 0 Å². The van der Waals surface area contributed by atoms with Gasteiger partial charge in [-0.05, 0) is 38.2 Å². The summed E-state index contributed by atoms with van der Waals surface area (Å²) in [5.41, 5.74) is 3.34. The molecule has 0 aliphatic carbocycles. The van der Waals surface area contributed by atoms with Crippen molar-refractivity contribution in [2.75, 3.05) is 0 Å². The number of fused-ring (bicyclic) bond motifs is 1. The first kappa shape index (κ1) is 12.8. The number of allylic oxidation sites excluding steroid dienone is 1. The second-order valence-electron chi connectivity index (χ2n) is 4.88. The summed E-state index contributed by atoms with van der Waals surface area (Å²) in [4.78, 5) is 11.4. The maximum Gasteiger partial charge on any atom is 0.217 e. The monoisotopic (exact) mass is 286 g/mol. The summed E-state index contributed by atoms with van der Waals surface area (Å²) in [6.45, 7) is 3.94. The molecule has 0 amide bonds. The van der Waals surface area contributed by atoms with E-state index in [0.717, 1.165) is 16.8 Å². The van der Waals surface area contributed by atoms with Crippen molar-refractivity contribution < 1.29 is 5.11 Å². The Kier molecular flexibility index (Phi) is 3.02. The number of aliphatic imine (C=N–C) groups is 1. The van der Waals surface area contributed by atoms with Crippen LogP contribution in [0.5, 0.6) is 5.88 Å². The van der Waals surface area contributed by atoms with Crippen molar-refractivity contribution in [1.29, 1.82) is 0 Å². The number of imidazole rings is 1. The van der Waals surface area contributed by atoms with Gasteiger partial charge in [0.1, 0.15) is 5.69 Å². The van der Waals surface area contributed by atoms with Gasteiger partial charge in [0.2, 0.25) is 5.88 Å². The van der Waals surface area contributed by atoms with Crippen LogP contribution in [0, 0.1) is 4.77 Å². The number of rotatable bonds is 2. The quantitative estimate of drug-likeness (QED) is 0.831. The van der Waals surface area contributed by atoms with Gasteiger partial charge in [-0.3, -0.25) is 14.5 Å². The van der Waals surface area contributed by atoms with Crippen LogP contribution in [0.3, 0.4) is 0 Å². The largest absolute Gasteiger partial charge is 0.493 e. The van der Waals surface area contributed by atoms with Gasteiger partial charge in [-0.25, -0.2) is 0 Å². The fourth-order valence-electron chi connectivity index (χ4n) is 2.25. The van der Waals surface area contributed by atoms with Gasteiger partial charge < -0.3 is 10.1 Å². The zero-order chi connectivity index (χ0) is 14.3. The molecule has 5 nitrogen and oxygen atoms in total. The fraction of sp³-hybridized carbons (Fsp3) is 0.214. The van der Waals surface area contributed by atoms with E-state index in [1.807, 2.05) is 26.0 Å². The van der Waals surface area contributed by atoms with Crippen LogP contribution in [-0.2, 0) is 0 Å². The highest BCUT2D eigenvalue weighted by atomic mass is 32.1. The zero-order valence-electron chi connectivity index (χ0n) is 11.2. The third kappa shape index (κ3) is 1.98. The normalized spacial score (nSPS) is 15.2. The first-order chi connectivity index (χ1) is 9.58. The number of nitrogens with zero attached hydrogens (tertiary/aromatic N) is 3. The number of hydrogen-bond acceptors (Lipinski definition) is 4. The van der Waals surface area contributed by atoms with E-state index in [1.54, 1.807) is 23.2 Å². The van der Waals surface area contributed by atoms with Gasteiger partial charge >= 0.3 is 0 Å². The lowest BCUT2D eigenvalue weighted by Gasteiger charge is -2.07. The van der Waals surface area contributed by atoms with E-state index < -0.39 is 0 Å². The molecule has 3 rings (SSSR count). The first-order valence-corrected chi connectivity index (χ1v) is 6.72. The molecule has 0 fully saturated rings. The number of H-pyrrole nitrogens is 1. The summed E-state index contributed by atoms with van der Waals surface area (Å²) >= 11 is 5.23. The molecule has 0 saturated heterocycles. The predicted octanol–water partition coefficient (Wildman–Crippen LogP) is 3.48. The van der Waals surface area contributed by atoms with Crippen LogP contribution >= 0.6 is 12.2 Å². The van der Waals surface area contributed by atoms with Crippen LogP contribution in [0.2, 0.25) is 0 Å². The molecule has 0 saturated carbocycles. The van der Waals surface area contributed by atoms with Gasteiger partial charge in [0.25, 0.3) is 0 Å². The lowest BCUT2D eigenvalue weighted by molar-refractivity contribution is 0.397. The molecule has 0 unspecified atom stereocenters. The van der Waals surface area contributed by atoms with Crippen molar-refractivity contribution in [1.82, 2.24) is 14.5 Å². The van der Waals surface area contributed by atoms with Gasteiger partial charge in [-0.1, -0.05) is 0 Å². The van der Waals surface area contributed by atoms with Gasteiger partial charge in [-0.2, -0.15) is 0 Å². The summed E-state index contributed by atoms with van der Waals surface area (Å²) in [5, 5.41) is 10.3. The summed E-state index contributed by atoms with van der Waals surface area (Å²) in [5.74, 6) is 0.147. The molecule has 2 N–H and O–H groups in total. The maximum atomic E-state index is 10.3. The Balaban J connectivity index is 2.10. The maximum absolute atomic E-state index is 10.3. The smallest absolute Gasteiger partial charge is 0.217 e. The molecular weight excluding hydrogens is 272 g/mol. The van der Waals surface area contributed by atoms with Crippen molar-refractivity contribution in [2.45, 2.75) is 19.9 Å². The molecule has 0 spiro atoms. The summed E-state index contributed by atoms with van der Waals surface area (Å²) in [7, 11) is 0. The van der Waals surface area contributed by atoms with Gasteiger partial charge in [0.05, 0.1) is 11.9 Å². The molecule has 6 heteroatoms. The number of nitrogens with one attached hydrogen (secondary N) is 1. The van der Waals surface area contributed by atoms with Gasteiger partial charge in [-0.15, -0.1) is 0 Å². The Bertz CT molecular complexity index is 783. The van der Waals surface area contributed by atoms with E-state index in [4.69, 9.17) is 12.2 Å². The predicted molar refractivity (Wildman–Crippen MR) is 81.9 cm³/mol. The van der Waals surface area contributed by atoms with E-state index in [2.05, 4.69) is 15.0 Å². The van der Waals surface area contributed by atoms with Gasteiger partial charge in [0.15, 0.2) is 4.77 Å². The molecule has 2 aromatic heterocycles. The molecule has 20 heavy (non-hydrogen) atoms. The first-order valence-electron chi connectivity index (χ1n) is 6.31. The van der Waals surface area contributed by atoms with E-state index in [0.29, 0.717) is 10.5 Å². The Hall–Kier alpha value is -2.21. The van der Waals surface area contributed by atoms with Gasteiger partial charge in [0, 0.05) is 29.6 Å². The molecule has 0 radical (unpaired) electrons. The van der Waals surface area contributed by atoms with Crippen molar-refractivity contribution >= 4 is 35.8 Å². The minimum atomic E-state index is 0.0969. The summed E-state index contributed by atoms with van der Waals surface area (Å²) in [6.07, 6.45) is 7.05. The zero-order valence-corrected chi connectivity index (χ0v) is 12.0. The van der Waals surface area contributed by atoms with Crippen molar-refractivity contribution in [2.24, 2.45) is 4.99 Å². The number of aromatic hydroxyl groups is 1. The van der Waals surface area contributed by atoms with Crippen LogP contribution < -0.4 is 0 Å². The Labute approximate surface area is 121 Å². The third-order valence-electron chi connectivity index (χ3n) is 3.20. The highest BCUT2D eigenvalue weighted by molar-refractivity contribution is 7.71. The molecular formula is C14H14N4OS.